The summed E-state index contributed by atoms with van der Waals surface area (Å²) in [5, 5.41) is 3.16. The predicted octanol–water partition coefficient (Wildman–Crippen LogP) is 5.16. The van der Waals surface area contributed by atoms with Crippen molar-refractivity contribution >= 4 is 29.0 Å². The van der Waals surface area contributed by atoms with Gasteiger partial charge in [0.1, 0.15) is 4.88 Å². The van der Waals surface area contributed by atoms with Crippen molar-refractivity contribution in [1.82, 2.24) is 10.3 Å². The van der Waals surface area contributed by atoms with E-state index in [0.29, 0.717) is 11.5 Å². The lowest BCUT2D eigenvalue weighted by Gasteiger charge is -2.21. The summed E-state index contributed by atoms with van der Waals surface area (Å²) in [4.78, 5) is 18.8. The lowest BCUT2D eigenvalue weighted by Crippen LogP contribution is -2.40. The number of nitrogens with one attached hydrogen (secondary N) is 1. The Labute approximate surface area is 173 Å². The fourth-order valence-electron chi connectivity index (χ4n) is 3.31. The van der Waals surface area contributed by atoms with E-state index in [0.717, 1.165) is 34.1 Å². The Balaban J connectivity index is 1.32. The first-order valence-electron chi connectivity index (χ1n) is 9.43. The van der Waals surface area contributed by atoms with E-state index in [-0.39, 0.29) is 18.1 Å². The quantitative estimate of drug-likeness (QED) is 0.584. The molecule has 1 heterocycles. The van der Waals surface area contributed by atoms with Gasteiger partial charge in [-0.05, 0) is 37.0 Å². The van der Waals surface area contributed by atoms with Gasteiger partial charge in [-0.15, -0.1) is 11.3 Å². The summed E-state index contributed by atoms with van der Waals surface area (Å²) >= 11 is 3.01. The van der Waals surface area contributed by atoms with Crippen LogP contribution in [0.3, 0.4) is 0 Å². The van der Waals surface area contributed by atoms with Gasteiger partial charge in [0.2, 0.25) is 0 Å². The number of thiazole rings is 1. The first kappa shape index (κ1) is 19.2. The van der Waals surface area contributed by atoms with Crippen molar-refractivity contribution in [3.05, 3.63) is 77.3 Å². The van der Waals surface area contributed by atoms with Gasteiger partial charge in [-0.3, -0.25) is 4.79 Å². The van der Waals surface area contributed by atoms with Crippen molar-refractivity contribution in [3.8, 4) is 0 Å². The van der Waals surface area contributed by atoms with Gasteiger partial charge in [0.05, 0.1) is 24.9 Å². The van der Waals surface area contributed by atoms with Crippen molar-refractivity contribution in [2.45, 2.75) is 47.3 Å². The van der Waals surface area contributed by atoms with Crippen LogP contribution in [0.2, 0.25) is 0 Å². The zero-order chi connectivity index (χ0) is 19.2. The molecule has 28 heavy (non-hydrogen) atoms. The summed E-state index contributed by atoms with van der Waals surface area (Å²) < 4.78 is 6.97. The van der Waals surface area contributed by atoms with Gasteiger partial charge in [-0.1, -0.05) is 60.3 Å². The first-order valence-corrected chi connectivity index (χ1v) is 11.1. The minimum Gasteiger partial charge on any atom is -0.371 e. The molecule has 1 N–H and O–H groups in total. The van der Waals surface area contributed by atoms with Gasteiger partial charge in [0.15, 0.2) is 4.34 Å². The molecule has 2 atom stereocenters. The topological polar surface area (TPSA) is 51.2 Å². The lowest BCUT2D eigenvalue weighted by atomic mass is 10.2. The van der Waals surface area contributed by atoms with Crippen molar-refractivity contribution in [3.63, 3.8) is 0 Å². The molecule has 1 saturated carbocycles. The number of benzene rings is 2. The second kappa shape index (κ2) is 9.37. The standard InChI is InChI=1S/C22H22N2O2S2/c25-21(20-14-23-22(28-20)27-17-10-5-2-6-11-17)24-18-12-7-13-19(18)26-15-16-8-3-1-4-9-16/h1-6,8-11,14,18-19H,7,12-13,15H2,(H,24,25)/t18-,19-/m0/s1. The number of aromatic nitrogens is 1. The highest BCUT2D eigenvalue weighted by atomic mass is 32.2. The molecule has 0 aliphatic heterocycles. The average molecular weight is 411 g/mol. The monoisotopic (exact) mass is 410 g/mol. The van der Waals surface area contributed by atoms with Crippen LogP contribution in [0.15, 0.2) is 76.1 Å². The van der Waals surface area contributed by atoms with E-state index in [1.807, 2.05) is 48.5 Å². The van der Waals surface area contributed by atoms with Gasteiger partial charge in [-0.25, -0.2) is 4.98 Å². The molecule has 3 aromatic rings. The largest absolute Gasteiger partial charge is 0.371 e. The first-order chi connectivity index (χ1) is 13.8. The molecule has 1 aliphatic rings. The summed E-state index contributed by atoms with van der Waals surface area (Å²) in [5.41, 5.74) is 1.16. The molecule has 2 aromatic carbocycles. The van der Waals surface area contributed by atoms with Crippen LogP contribution < -0.4 is 5.32 Å². The van der Waals surface area contributed by atoms with Crippen LogP contribution in [-0.2, 0) is 11.3 Å². The Bertz CT molecular complexity index is 899. The summed E-state index contributed by atoms with van der Waals surface area (Å²) in [7, 11) is 0. The van der Waals surface area contributed by atoms with Gasteiger partial charge in [0.25, 0.3) is 5.91 Å². The predicted molar refractivity (Wildman–Crippen MR) is 113 cm³/mol. The Morgan fingerprint density at radius 2 is 1.86 bits per heavy atom. The number of hydrogen-bond acceptors (Lipinski definition) is 5. The molecule has 144 valence electrons. The second-order valence-electron chi connectivity index (χ2n) is 6.75. The third kappa shape index (κ3) is 5.01. The van der Waals surface area contributed by atoms with E-state index in [1.54, 1.807) is 18.0 Å². The summed E-state index contributed by atoms with van der Waals surface area (Å²) in [6.07, 6.45) is 4.74. The number of carbonyl (C=O) groups is 1. The third-order valence-electron chi connectivity index (χ3n) is 4.73. The molecule has 4 nitrogen and oxygen atoms in total. The Kier molecular flexibility index (Phi) is 6.41. The van der Waals surface area contributed by atoms with Gasteiger partial charge >= 0.3 is 0 Å². The molecular formula is C22H22N2O2S2. The van der Waals surface area contributed by atoms with Crippen molar-refractivity contribution < 1.29 is 9.53 Å². The molecule has 4 rings (SSSR count). The number of hydrogen-bond donors (Lipinski definition) is 1. The molecule has 1 aromatic heterocycles. The van der Waals surface area contributed by atoms with E-state index in [1.165, 1.54) is 11.3 Å². The number of carbonyl (C=O) groups excluding carboxylic acids is 1. The Hall–Kier alpha value is -2.15. The van der Waals surface area contributed by atoms with Gasteiger partial charge in [0, 0.05) is 4.90 Å². The maximum atomic E-state index is 12.7. The van der Waals surface area contributed by atoms with Crippen molar-refractivity contribution in [1.29, 1.82) is 0 Å². The highest BCUT2D eigenvalue weighted by molar-refractivity contribution is 8.01. The van der Waals surface area contributed by atoms with Crippen LogP contribution in [-0.4, -0.2) is 23.0 Å². The number of nitrogens with zero attached hydrogens (tertiary/aromatic N) is 1. The number of amides is 1. The van der Waals surface area contributed by atoms with E-state index in [4.69, 9.17) is 4.74 Å². The molecule has 6 heteroatoms. The van der Waals surface area contributed by atoms with Crippen LogP contribution in [0.1, 0.15) is 34.5 Å². The van der Waals surface area contributed by atoms with E-state index in [2.05, 4.69) is 22.4 Å². The molecule has 1 amide bonds. The van der Waals surface area contributed by atoms with E-state index in [9.17, 15) is 4.79 Å². The molecule has 0 radical (unpaired) electrons. The molecule has 0 spiro atoms. The zero-order valence-corrected chi connectivity index (χ0v) is 17.0. The lowest BCUT2D eigenvalue weighted by molar-refractivity contribution is 0.0272. The van der Waals surface area contributed by atoms with Crippen LogP contribution in [0, 0.1) is 0 Å². The molecular weight excluding hydrogens is 388 g/mol. The average Bonchev–Trinajstić information content (AvgIpc) is 3.37. The fourth-order valence-corrected chi connectivity index (χ4v) is 5.18. The van der Waals surface area contributed by atoms with E-state index >= 15 is 0 Å². The summed E-state index contributed by atoms with van der Waals surface area (Å²) in [6.45, 7) is 0.580. The van der Waals surface area contributed by atoms with Crippen LogP contribution in [0.4, 0.5) is 0 Å². The van der Waals surface area contributed by atoms with Crippen LogP contribution in [0.25, 0.3) is 0 Å². The normalized spacial score (nSPS) is 18.9. The van der Waals surface area contributed by atoms with Gasteiger partial charge < -0.3 is 10.1 Å². The second-order valence-corrected chi connectivity index (χ2v) is 9.10. The maximum absolute atomic E-state index is 12.7. The Morgan fingerprint density at radius 3 is 2.64 bits per heavy atom. The molecule has 1 fully saturated rings. The molecule has 0 unspecified atom stereocenters. The van der Waals surface area contributed by atoms with Gasteiger partial charge in [-0.2, -0.15) is 0 Å². The number of ether oxygens (including phenoxy) is 1. The van der Waals surface area contributed by atoms with Crippen molar-refractivity contribution in [2.24, 2.45) is 0 Å². The molecule has 0 saturated heterocycles. The SMILES string of the molecule is O=C(N[C@H]1CCC[C@@H]1OCc1ccccc1)c1cnc(Sc2ccccc2)s1. The summed E-state index contributed by atoms with van der Waals surface area (Å²) in [6, 6.07) is 20.3. The zero-order valence-electron chi connectivity index (χ0n) is 15.4. The minimum atomic E-state index is -0.0578. The maximum Gasteiger partial charge on any atom is 0.263 e. The highest BCUT2D eigenvalue weighted by Crippen LogP contribution is 2.31. The fraction of sp³-hybridized carbons (Fsp3) is 0.273. The van der Waals surface area contributed by atoms with E-state index < -0.39 is 0 Å². The Morgan fingerprint density at radius 1 is 1.11 bits per heavy atom. The molecule has 0 bridgehead atoms. The summed E-state index contributed by atoms with van der Waals surface area (Å²) in [5.74, 6) is -0.0578. The smallest absolute Gasteiger partial charge is 0.263 e. The minimum absolute atomic E-state index is 0.0578. The van der Waals surface area contributed by atoms with Crippen molar-refractivity contribution in [2.75, 3.05) is 0 Å². The third-order valence-corrected chi connectivity index (χ3v) is 6.81. The highest BCUT2D eigenvalue weighted by Gasteiger charge is 2.30. The van der Waals surface area contributed by atoms with Crippen LogP contribution in [0.5, 0.6) is 0 Å². The van der Waals surface area contributed by atoms with Crippen LogP contribution >= 0.6 is 23.1 Å². The molecule has 1 aliphatic carbocycles. The number of rotatable bonds is 7.